The first-order chi connectivity index (χ1) is 14.2. The predicted octanol–water partition coefficient (Wildman–Crippen LogP) is 5.74. The van der Waals surface area contributed by atoms with Crippen molar-refractivity contribution in [2.45, 2.75) is 70.1 Å². The van der Waals surface area contributed by atoms with Crippen LogP contribution in [0.5, 0.6) is 0 Å². The third-order valence-electron chi connectivity index (χ3n) is 7.56. The van der Waals surface area contributed by atoms with Gasteiger partial charge in [0.05, 0.1) is 6.54 Å². The molecule has 2 aliphatic carbocycles. The maximum Gasteiger partial charge on any atom is 0.101 e. The highest BCUT2D eigenvalue weighted by Gasteiger charge is 2.47. The zero-order chi connectivity index (χ0) is 21.1. The molecular weight excluding hydrogens is 364 g/mol. The van der Waals surface area contributed by atoms with Crippen molar-refractivity contribution in [2.75, 3.05) is 13.1 Å². The lowest BCUT2D eigenvalue weighted by atomic mass is 9.66. The van der Waals surface area contributed by atoms with Gasteiger partial charge in [0.2, 0.25) is 0 Å². The lowest BCUT2D eigenvalue weighted by Crippen LogP contribution is -2.30. The molecule has 0 spiro atoms. The van der Waals surface area contributed by atoms with Gasteiger partial charge in [0.1, 0.15) is 5.84 Å². The van der Waals surface area contributed by atoms with Crippen molar-refractivity contribution in [3.8, 4) is 0 Å². The molecule has 2 nitrogen and oxygen atoms in total. The minimum absolute atomic E-state index is 0.0856. The molecule has 0 bridgehead atoms. The number of aliphatic imine (C=N–C) groups is 1. The van der Waals surface area contributed by atoms with Gasteiger partial charge in [-0.05, 0) is 53.1 Å². The highest BCUT2D eigenvalue weighted by molar-refractivity contribution is 5.85. The zero-order valence-electron chi connectivity index (χ0n) is 19.1. The van der Waals surface area contributed by atoms with Crippen molar-refractivity contribution in [1.29, 1.82) is 0 Å². The number of rotatable bonds is 4. The van der Waals surface area contributed by atoms with Gasteiger partial charge in [0, 0.05) is 29.2 Å². The van der Waals surface area contributed by atoms with Crippen LogP contribution in [0.25, 0.3) is 0 Å². The quantitative estimate of drug-likeness (QED) is 0.652. The van der Waals surface area contributed by atoms with Crippen LogP contribution in [-0.2, 0) is 22.7 Å². The van der Waals surface area contributed by atoms with Gasteiger partial charge >= 0.3 is 0 Å². The highest BCUT2D eigenvalue weighted by Crippen LogP contribution is 2.56. The van der Waals surface area contributed by atoms with Crippen LogP contribution in [0.15, 0.2) is 53.5 Å². The smallest absolute Gasteiger partial charge is 0.101 e. The van der Waals surface area contributed by atoms with Crippen LogP contribution in [0.2, 0.25) is 0 Å². The Morgan fingerprint density at radius 3 is 2.07 bits per heavy atom. The second-order valence-corrected chi connectivity index (χ2v) is 10.7. The number of nitrogens with zero attached hydrogens (tertiary/aromatic N) is 1. The van der Waals surface area contributed by atoms with Crippen molar-refractivity contribution in [2.24, 2.45) is 4.99 Å². The fourth-order valence-electron chi connectivity index (χ4n) is 5.42. The summed E-state index contributed by atoms with van der Waals surface area (Å²) in [7, 11) is 0. The number of benzene rings is 2. The standard InChI is InChI=1S/C28H34N2/c1-19-16-23-24(27(4,5)11-10-26(23,2)3)18-22(19)28(12-13-28)21-8-6-20(7-9-21)17-25-29-14-15-30-25/h6-11,16,18H,12-15,17H2,1-5H3,(H,29,30). The van der Waals surface area contributed by atoms with Gasteiger partial charge in [0.25, 0.3) is 0 Å². The molecule has 0 unspecified atom stereocenters. The summed E-state index contributed by atoms with van der Waals surface area (Å²) in [5, 5.41) is 3.38. The molecule has 0 saturated heterocycles. The monoisotopic (exact) mass is 398 g/mol. The van der Waals surface area contributed by atoms with Gasteiger partial charge in [0.15, 0.2) is 0 Å². The molecule has 0 atom stereocenters. The third-order valence-corrected chi connectivity index (χ3v) is 7.56. The topological polar surface area (TPSA) is 24.4 Å². The van der Waals surface area contributed by atoms with Gasteiger partial charge < -0.3 is 5.32 Å². The summed E-state index contributed by atoms with van der Waals surface area (Å²) in [5.41, 5.74) is 9.18. The summed E-state index contributed by atoms with van der Waals surface area (Å²) in [4.78, 5) is 4.54. The molecule has 0 amide bonds. The van der Waals surface area contributed by atoms with E-state index in [0.29, 0.717) is 0 Å². The molecule has 30 heavy (non-hydrogen) atoms. The SMILES string of the molecule is Cc1cc2c(cc1C1(c3ccc(CC4=NCCN4)cc3)CC1)C(C)(C)C=CC2(C)C. The molecule has 1 heterocycles. The number of hydrogen-bond donors (Lipinski definition) is 1. The predicted molar refractivity (Wildman–Crippen MR) is 127 cm³/mol. The third kappa shape index (κ3) is 3.12. The Hall–Kier alpha value is -2.35. The van der Waals surface area contributed by atoms with E-state index in [2.05, 4.69) is 93.5 Å². The minimum atomic E-state index is 0.0856. The molecule has 1 aliphatic heterocycles. The summed E-state index contributed by atoms with van der Waals surface area (Å²) >= 11 is 0. The van der Waals surface area contributed by atoms with E-state index in [4.69, 9.17) is 0 Å². The fourth-order valence-corrected chi connectivity index (χ4v) is 5.42. The van der Waals surface area contributed by atoms with E-state index in [0.717, 1.165) is 25.3 Å². The average molecular weight is 399 g/mol. The minimum Gasteiger partial charge on any atom is -0.372 e. The van der Waals surface area contributed by atoms with Gasteiger partial charge in [-0.1, -0.05) is 76.2 Å². The molecule has 1 saturated carbocycles. The first-order valence-electron chi connectivity index (χ1n) is 11.4. The molecule has 2 heteroatoms. The Kier molecular flexibility index (Phi) is 4.29. The Balaban J connectivity index is 1.51. The molecule has 2 aromatic carbocycles. The van der Waals surface area contributed by atoms with E-state index in [9.17, 15) is 0 Å². The van der Waals surface area contributed by atoms with E-state index in [1.807, 2.05) is 0 Å². The summed E-state index contributed by atoms with van der Waals surface area (Å²) in [6, 6.07) is 14.4. The molecule has 1 N–H and O–H groups in total. The lowest BCUT2D eigenvalue weighted by Gasteiger charge is -2.38. The second kappa shape index (κ2) is 6.57. The van der Waals surface area contributed by atoms with Crippen molar-refractivity contribution < 1.29 is 0 Å². The van der Waals surface area contributed by atoms with Gasteiger partial charge in [-0.3, -0.25) is 4.99 Å². The molecule has 5 rings (SSSR count). The van der Waals surface area contributed by atoms with Crippen LogP contribution in [-0.4, -0.2) is 18.9 Å². The van der Waals surface area contributed by atoms with E-state index >= 15 is 0 Å². The van der Waals surface area contributed by atoms with Crippen molar-refractivity contribution in [1.82, 2.24) is 5.32 Å². The van der Waals surface area contributed by atoms with Crippen LogP contribution in [0.1, 0.15) is 73.9 Å². The Bertz CT molecular complexity index is 1050. The summed E-state index contributed by atoms with van der Waals surface area (Å²) in [5.74, 6) is 1.13. The van der Waals surface area contributed by atoms with Crippen LogP contribution in [0.4, 0.5) is 0 Å². The Morgan fingerprint density at radius 1 is 0.867 bits per heavy atom. The van der Waals surface area contributed by atoms with Crippen molar-refractivity contribution in [3.63, 3.8) is 0 Å². The van der Waals surface area contributed by atoms with E-state index in [1.54, 1.807) is 0 Å². The largest absolute Gasteiger partial charge is 0.372 e. The molecule has 0 aromatic heterocycles. The second-order valence-electron chi connectivity index (χ2n) is 10.7. The molecule has 2 aromatic rings. The van der Waals surface area contributed by atoms with E-state index in [1.165, 1.54) is 46.2 Å². The number of hydrogen-bond acceptors (Lipinski definition) is 2. The molecule has 0 radical (unpaired) electrons. The molecular formula is C28H34N2. The van der Waals surface area contributed by atoms with Crippen LogP contribution in [0.3, 0.4) is 0 Å². The number of nitrogens with one attached hydrogen (secondary N) is 1. The molecule has 3 aliphatic rings. The number of fused-ring (bicyclic) bond motifs is 1. The number of amidine groups is 1. The zero-order valence-corrected chi connectivity index (χ0v) is 19.1. The normalized spacial score (nSPS) is 22.2. The van der Waals surface area contributed by atoms with Gasteiger partial charge in [-0.25, -0.2) is 0 Å². The lowest BCUT2D eigenvalue weighted by molar-refractivity contribution is 0.560. The maximum atomic E-state index is 4.54. The van der Waals surface area contributed by atoms with E-state index < -0.39 is 0 Å². The van der Waals surface area contributed by atoms with Crippen molar-refractivity contribution in [3.05, 3.63) is 81.9 Å². The number of allylic oxidation sites excluding steroid dienone is 2. The summed E-state index contributed by atoms with van der Waals surface area (Å²) in [6.45, 7) is 13.6. The van der Waals surface area contributed by atoms with Gasteiger partial charge in [-0.2, -0.15) is 0 Å². The van der Waals surface area contributed by atoms with Crippen LogP contribution >= 0.6 is 0 Å². The van der Waals surface area contributed by atoms with Crippen LogP contribution < -0.4 is 5.32 Å². The summed E-state index contributed by atoms with van der Waals surface area (Å²) in [6.07, 6.45) is 8.21. The Labute approximate surface area is 181 Å². The maximum absolute atomic E-state index is 4.54. The van der Waals surface area contributed by atoms with E-state index in [-0.39, 0.29) is 16.2 Å². The fraction of sp³-hybridized carbons (Fsp3) is 0.464. The molecule has 1 fully saturated rings. The first-order valence-corrected chi connectivity index (χ1v) is 11.4. The Morgan fingerprint density at radius 2 is 1.50 bits per heavy atom. The number of aryl methyl sites for hydroxylation is 1. The summed E-state index contributed by atoms with van der Waals surface area (Å²) < 4.78 is 0. The average Bonchev–Trinajstić information content (AvgIpc) is 3.35. The highest BCUT2D eigenvalue weighted by atomic mass is 15.1. The van der Waals surface area contributed by atoms with Gasteiger partial charge in [-0.15, -0.1) is 0 Å². The first kappa shape index (κ1) is 19.6. The van der Waals surface area contributed by atoms with Crippen LogP contribution in [0, 0.1) is 6.92 Å². The van der Waals surface area contributed by atoms with Crippen molar-refractivity contribution >= 4 is 5.84 Å². The molecule has 156 valence electrons.